The van der Waals surface area contributed by atoms with Crippen molar-refractivity contribution in [2.45, 2.75) is 6.54 Å². The van der Waals surface area contributed by atoms with E-state index in [2.05, 4.69) is 16.0 Å². The molecule has 17 heavy (non-hydrogen) atoms. The summed E-state index contributed by atoms with van der Waals surface area (Å²) in [6.45, 7) is 0.644. The second kappa shape index (κ2) is 5.52. The van der Waals surface area contributed by atoms with Gasteiger partial charge in [0.05, 0.1) is 13.7 Å². The van der Waals surface area contributed by atoms with Crippen LogP contribution in [0.4, 0.5) is 0 Å². The molecule has 2 aromatic rings. The zero-order chi connectivity index (χ0) is 12.1. The first-order chi connectivity index (χ1) is 8.31. The van der Waals surface area contributed by atoms with E-state index < -0.39 is 0 Å². The lowest BCUT2D eigenvalue weighted by molar-refractivity contribution is -0.116. The molecule has 1 aromatic carbocycles. The van der Waals surface area contributed by atoms with Crippen LogP contribution >= 0.6 is 0 Å². The predicted octanol–water partition coefficient (Wildman–Crippen LogP) is 1.94. The van der Waals surface area contributed by atoms with Gasteiger partial charge >= 0.3 is 0 Å². The van der Waals surface area contributed by atoms with E-state index >= 15 is 0 Å². The van der Waals surface area contributed by atoms with Gasteiger partial charge in [-0.15, -0.1) is 0 Å². The summed E-state index contributed by atoms with van der Waals surface area (Å²) in [6, 6.07) is 10.8. The summed E-state index contributed by atoms with van der Waals surface area (Å²) in [6.07, 6.45) is 3.47. The third-order valence-corrected chi connectivity index (χ3v) is 2.44. The SMILES string of the molecule is CON(C)Cc1[c]cccc1-c1ncccn1. The first kappa shape index (κ1) is 11.7. The normalized spacial score (nSPS) is 10.8. The van der Waals surface area contributed by atoms with Gasteiger partial charge in [-0.05, 0) is 17.7 Å². The fourth-order valence-electron chi connectivity index (χ4n) is 1.54. The lowest BCUT2D eigenvalue weighted by atomic mass is 10.1. The monoisotopic (exact) mass is 228 g/mol. The summed E-state index contributed by atoms with van der Waals surface area (Å²) >= 11 is 0. The Bertz CT molecular complexity index is 473. The summed E-state index contributed by atoms with van der Waals surface area (Å²) in [5.74, 6) is 0.712. The van der Waals surface area contributed by atoms with Gasteiger partial charge < -0.3 is 4.84 Å². The highest BCUT2D eigenvalue weighted by Gasteiger charge is 2.08. The molecule has 4 nitrogen and oxygen atoms in total. The van der Waals surface area contributed by atoms with E-state index in [0.717, 1.165) is 11.1 Å². The van der Waals surface area contributed by atoms with Crippen LogP contribution in [-0.4, -0.2) is 29.2 Å². The molecule has 0 fully saturated rings. The molecule has 0 N–H and O–H groups in total. The van der Waals surface area contributed by atoms with Gasteiger partial charge in [-0.3, -0.25) is 0 Å². The van der Waals surface area contributed by atoms with Crippen LogP contribution < -0.4 is 0 Å². The highest BCUT2D eigenvalue weighted by atomic mass is 16.7. The molecule has 1 radical (unpaired) electrons. The third-order valence-electron chi connectivity index (χ3n) is 2.44. The number of nitrogens with zero attached hydrogens (tertiary/aromatic N) is 3. The Kier molecular flexibility index (Phi) is 3.80. The molecule has 0 aliphatic rings. The molecule has 0 spiro atoms. The van der Waals surface area contributed by atoms with Crippen LogP contribution in [0.5, 0.6) is 0 Å². The van der Waals surface area contributed by atoms with Crippen molar-refractivity contribution in [2.24, 2.45) is 0 Å². The standard InChI is InChI=1S/C13H14N3O/c1-16(17-2)10-11-6-3-4-7-12(11)13-14-8-5-9-15-13/h3-5,7-9H,10H2,1-2H3. The van der Waals surface area contributed by atoms with Crippen molar-refractivity contribution in [2.75, 3.05) is 14.2 Å². The van der Waals surface area contributed by atoms with Crippen molar-refractivity contribution < 1.29 is 4.84 Å². The minimum absolute atomic E-state index is 0.644. The van der Waals surface area contributed by atoms with Crippen LogP contribution in [0, 0.1) is 6.07 Å². The van der Waals surface area contributed by atoms with Crippen LogP contribution in [0.2, 0.25) is 0 Å². The summed E-state index contributed by atoms with van der Waals surface area (Å²) < 4.78 is 0. The Balaban J connectivity index is 2.34. The summed E-state index contributed by atoms with van der Waals surface area (Å²) in [5.41, 5.74) is 2.00. The lowest BCUT2D eigenvalue weighted by Crippen LogP contribution is -2.16. The van der Waals surface area contributed by atoms with E-state index in [0.29, 0.717) is 12.4 Å². The molecule has 0 atom stereocenters. The third kappa shape index (κ3) is 2.87. The molecule has 0 aliphatic carbocycles. The number of rotatable bonds is 4. The Morgan fingerprint density at radius 3 is 2.76 bits per heavy atom. The average molecular weight is 228 g/mol. The molecule has 1 aromatic heterocycles. The Labute approximate surface area is 101 Å². The fourth-order valence-corrected chi connectivity index (χ4v) is 1.54. The second-order valence-corrected chi connectivity index (χ2v) is 3.60. The minimum Gasteiger partial charge on any atom is -0.302 e. The highest BCUT2D eigenvalue weighted by molar-refractivity contribution is 5.59. The minimum atomic E-state index is 0.644. The van der Waals surface area contributed by atoms with Crippen LogP contribution in [0.1, 0.15) is 5.56 Å². The van der Waals surface area contributed by atoms with E-state index in [-0.39, 0.29) is 0 Å². The smallest absolute Gasteiger partial charge is 0.159 e. The van der Waals surface area contributed by atoms with Crippen molar-refractivity contribution in [3.05, 3.63) is 48.3 Å². The van der Waals surface area contributed by atoms with Gasteiger partial charge in [0.25, 0.3) is 0 Å². The van der Waals surface area contributed by atoms with Crippen LogP contribution in [0.25, 0.3) is 11.4 Å². The molecular formula is C13H14N3O. The molecule has 87 valence electrons. The molecule has 0 unspecified atom stereocenters. The van der Waals surface area contributed by atoms with E-state index in [1.165, 1.54) is 0 Å². The van der Waals surface area contributed by atoms with Crippen molar-refractivity contribution in [3.8, 4) is 11.4 Å². The first-order valence-corrected chi connectivity index (χ1v) is 5.33. The molecule has 0 bridgehead atoms. The second-order valence-electron chi connectivity index (χ2n) is 3.60. The van der Waals surface area contributed by atoms with E-state index in [4.69, 9.17) is 4.84 Å². The van der Waals surface area contributed by atoms with Gasteiger partial charge in [-0.1, -0.05) is 18.2 Å². The molecule has 2 rings (SSSR count). The van der Waals surface area contributed by atoms with Gasteiger partial charge in [-0.25, -0.2) is 9.97 Å². The Morgan fingerprint density at radius 1 is 1.29 bits per heavy atom. The van der Waals surface area contributed by atoms with Gasteiger partial charge in [0.2, 0.25) is 0 Å². The maximum absolute atomic E-state index is 5.12. The topological polar surface area (TPSA) is 38.2 Å². The van der Waals surface area contributed by atoms with Gasteiger partial charge in [0, 0.05) is 25.0 Å². The van der Waals surface area contributed by atoms with Gasteiger partial charge in [0.15, 0.2) is 5.82 Å². The molecule has 1 heterocycles. The quantitative estimate of drug-likeness (QED) is 0.749. The van der Waals surface area contributed by atoms with Gasteiger partial charge in [0.1, 0.15) is 0 Å². The van der Waals surface area contributed by atoms with E-state index in [1.54, 1.807) is 30.6 Å². The fraction of sp³-hybridized carbons (Fsp3) is 0.231. The molecule has 0 aliphatic heterocycles. The van der Waals surface area contributed by atoms with E-state index in [1.807, 2.05) is 25.2 Å². The highest BCUT2D eigenvalue weighted by Crippen LogP contribution is 2.20. The number of aromatic nitrogens is 2. The Morgan fingerprint density at radius 2 is 2.06 bits per heavy atom. The van der Waals surface area contributed by atoms with Crippen molar-refractivity contribution in [3.63, 3.8) is 0 Å². The van der Waals surface area contributed by atoms with Crippen molar-refractivity contribution in [1.29, 1.82) is 0 Å². The largest absolute Gasteiger partial charge is 0.302 e. The summed E-state index contributed by atoms with van der Waals surface area (Å²) in [7, 11) is 3.51. The maximum atomic E-state index is 5.12. The maximum Gasteiger partial charge on any atom is 0.159 e. The number of hydroxylamine groups is 2. The first-order valence-electron chi connectivity index (χ1n) is 5.33. The average Bonchev–Trinajstić information content (AvgIpc) is 2.40. The Hall–Kier alpha value is -1.78. The van der Waals surface area contributed by atoms with Crippen LogP contribution in [0.15, 0.2) is 36.7 Å². The number of benzene rings is 1. The molecule has 4 heteroatoms. The molecule has 0 amide bonds. The predicted molar refractivity (Wildman–Crippen MR) is 64.8 cm³/mol. The molecule has 0 saturated carbocycles. The zero-order valence-corrected chi connectivity index (χ0v) is 9.92. The van der Waals surface area contributed by atoms with E-state index in [9.17, 15) is 0 Å². The van der Waals surface area contributed by atoms with Crippen LogP contribution in [-0.2, 0) is 11.4 Å². The number of hydrogen-bond acceptors (Lipinski definition) is 4. The van der Waals surface area contributed by atoms with Crippen molar-refractivity contribution >= 4 is 0 Å². The summed E-state index contributed by atoms with van der Waals surface area (Å²) in [4.78, 5) is 13.6. The molecule has 0 saturated heterocycles. The summed E-state index contributed by atoms with van der Waals surface area (Å²) in [5, 5.41) is 1.73. The van der Waals surface area contributed by atoms with Gasteiger partial charge in [-0.2, -0.15) is 5.06 Å². The molecular weight excluding hydrogens is 214 g/mol. The number of hydrogen-bond donors (Lipinski definition) is 0. The zero-order valence-electron chi connectivity index (χ0n) is 9.92. The van der Waals surface area contributed by atoms with Crippen LogP contribution in [0.3, 0.4) is 0 Å². The van der Waals surface area contributed by atoms with Crippen molar-refractivity contribution in [1.82, 2.24) is 15.0 Å². The lowest BCUT2D eigenvalue weighted by Gasteiger charge is -2.15.